The summed E-state index contributed by atoms with van der Waals surface area (Å²) in [5.74, 6) is -3.12. The maximum atomic E-state index is 12.5. The molecule has 0 aliphatic carbocycles. The normalized spacial score (nSPS) is 11.8. The summed E-state index contributed by atoms with van der Waals surface area (Å²) in [5.41, 5.74) is 6.23. The van der Waals surface area contributed by atoms with E-state index in [0.29, 0.717) is 13.0 Å². The number of carbonyl (C=O) groups excluding carboxylic acids is 2. The highest BCUT2D eigenvalue weighted by Gasteiger charge is 2.38. The predicted molar refractivity (Wildman–Crippen MR) is 126 cm³/mol. The Hall–Kier alpha value is -2.63. The minimum absolute atomic E-state index is 0.157. The lowest BCUT2D eigenvalue weighted by molar-refractivity contribution is -0.192. The number of hydrogen-bond donors (Lipinski definition) is 5. The van der Waals surface area contributed by atoms with E-state index in [1.807, 2.05) is 0 Å². The molecule has 9 nitrogen and oxygen atoms in total. The van der Waals surface area contributed by atoms with Crippen LogP contribution in [0.15, 0.2) is 12.5 Å². The standard InChI is InChI=1S/C21H39N5O2.C2HF3O2/c1-2-3-4-5-6-7-8-9-10-11-14-24-21(28)19(26-20(27)12-13-22)15-18-16-23-17-25-18;3-2(4,5)1(6)7/h16-17,19H,2-15,22H2,1H3,(H,23,25)(H,24,28)(H,26,27);(H,6,7)/t19-;/m0./s1. The second kappa shape index (κ2) is 19.7. The lowest BCUT2D eigenvalue weighted by atomic mass is 10.1. The molecule has 1 aromatic heterocycles. The third-order valence-electron chi connectivity index (χ3n) is 5.07. The highest BCUT2D eigenvalue weighted by molar-refractivity contribution is 5.87. The monoisotopic (exact) mass is 507 g/mol. The van der Waals surface area contributed by atoms with Crippen LogP contribution in [0.5, 0.6) is 0 Å². The number of hydrogen-bond acceptors (Lipinski definition) is 5. The molecule has 12 heteroatoms. The number of carboxylic acid groups (broad SMARTS) is 1. The van der Waals surface area contributed by atoms with E-state index in [9.17, 15) is 22.8 Å². The first-order valence-electron chi connectivity index (χ1n) is 12.2. The van der Waals surface area contributed by atoms with Gasteiger partial charge in [-0.2, -0.15) is 13.2 Å². The van der Waals surface area contributed by atoms with Crippen LogP contribution >= 0.6 is 0 Å². The summed E-state index contributed by atoms with van der Waals surface area (Å²) in [6.45, 7) is 3.15. The number of alkyl halides is 3. The second-order valence-electron chi connectivity index (χ2n) is 8.22. The maximum Gasteiger partial charge on any atom is 0.490 e. The Bertz CT molecular complexity index is 700. The number of aromatic nitrogens is 2. The Morgan fingerprint density at radius 2 is 1.60 bits per heavy atom. The van der Waals surface area contributed by atoms with Gasteiger partial charge in [0.15, 0.2) is 0 Å². The lowest BCUT2D eigenvalue weighted by Gasteiger charge is -2.18. The number of nitrogens with zero attached hydrogens (tertiary/aromatic N) is 1. The molecule has 6 N–H and O–H groups in total. The molecule has 1 atom stereocenters. The van der Waals surface area contributed by atoms with Crippen LogP contribution in [-0.4, -0.2) is 58.2 Å². The number of halogens is 3. The van der Waals surface area contributed by atoms with Gasteiger partial charge in [-0.25, -0.2) is 9.78 Å². The Morgan fingerprint density at radius 3 is 2.06 bits per heavy atom. The second-order valence-corrected chi connectivity index (χ2v) is 8.22. The van der Waals surface area contributed by atoms with Gasteiger partial charge in [0, 0.05) is 37.8 Å². The summed E-state index contributed by atoms with van der Waals surface area (Å²) < 4.78 is 31.7. The number of nitrogens with one attached hydrogen (secondary N) is 3. The molecule has 1 rings (SSSR count). The summed E-state index contributed by atoms with van der Waals surface area (Å²) in [4.78, 5) is 40.2. The molecule has 0 aliphatic rings. The van der Waals surface area contributed by atoms with E-state index < -0.39 is 18.2 Å². The zero-order valence-corrected chi connectivity index (χ0v) is 20.5. The van der Waals surface area contributed by atoms with Crippen LogP contribution in [0.1, 0.15) is 83.2 Å². The van der Waals surface area contributed by atoms with Gasteiger partial charge in [-0.15, -0.1) is 0 Å². The molecule has 35 heavy (non-hydrogen) atoms. The van der Waals surface area contributed by atoms with Crippen molar-refractivity contribution in [3.63, 3.8) is 0 Å². The molecule has 0 saturated carbocycles. The molecular weight excluding hydrogens is 467 g/mol. The average molecular weight is 508 g/mol. The van der Waals surface area contributed by atoms with E-state index in [1.165, 1.54) is 51.4 Å². The van der Waals surface area contributed by atoms with Gasteiger partial charge in [0.05, 0.1) is 6.33 Å². The van der Waals surface area contributed by atoms with Crippen molar-refractivity contribution in [1.29, 1.82) is 0 Å². The SMILES string of the molecule is CCCCCCCCCCCCNC(=O)[C@H](Cc1cnc[nH]1)NC(=O)CCN.O=C(O)C(F)(F)F. The average Bonchev–Trinajstić information content (AvgIpc) is 3.30. The van der Waals surface area contributed by atoms with Crippen molar-refractivity contribution in [2.45, 2.75) is 96.2 Å². The zero-order chi connectivity index (χ0) is 26.5. The topological polar surface area (TPSA) is 150 Å². The number of carboxylic acids is 1. The van der Waals surface area contributed by atoms with Gasteiger partial charge in [0.2, 0.25) is 11.8 Å². The van der Waals surface area contributed by atoms with Crippen LogP contribution in [0, 0.1) is 0 Å². The number of unbranched alkanes of at least 4 members (excludes halogenated alkanes) is 9. The van der Waals surface area contributed by atoms with Crippen molar-refractivity contribution in [2.75, 3.05) is 13.1 Å². The Morgan fingerprint density at radius 1 is 1.06 bits per heavy atom. The van der Waals surface area contributed by atoms with Crippen LogP contribution < -0.4 is 16.4 Å². The van der Waals surface area contributed by atoms with Crippen LogP contribution in [-0.2, 0) is 20.8 Å². The summed E-state index contributed by atoms with van der Waals surface area (Å²) in [7, 11) is 0. The van der Waals surface area contributed by atoms with Crippen LogP contribution in [0.3, 0.4) is 0 Å². The molecule has 0 spiro atoms. The van der Waals surface area contributed by atoms with Gasteiger partial charge in [0.25, 0.3) is 0 Å². The first kappa shape index (κ1) is 32.4. The molecule has 0 aliphatic heterocycles. The molecule has 2 amide bonds. The lowest BCUT2D eigenvalue weighted by Crippen LogP contribution is -2.48. The third-order valence-corrected chi connectivity index (χ3v) is 5.07. The van der Waals surface area contributed by atoms with Crippen molar-refractivity contribution >= 4 is 17.8 Å². The number of H-pyrrole nitrogens is 1. The number of nitrogens with two attached hydrogens (primary N) is 1. The number of aliphatic carboxylic acids is 1. The molecule has 0 radical (unpaired) electrons. The summed E-state index contributed by atoms with van der Waals surface area (Å²) in [5, 5.41) is 12.8. The van der Waals surface area contributed by atoms with Crippen molar-refractivity contribution in [1.82, 2.24) is 20.6 Å². The van der Waals surface area contributed by atoms with E-state index in [1.54, 1.807) is 12.5 Å². The van der Waals surface area contributed by atoms with E-state index in [0.717, 1.165) is 18.5 Å². The van der Waals surface area contributed by atoms with E-state index >= 15 is 0 Å². The van der Waals surface area contributed by atoms with Crippen molar-refractivity contribution in [3.05, 3.63) is 18.2 Å². The van der Waals surface area contributed by atoms with Gasteiger partial charge in [-0.05, 0) is 6.42 Å². The van der Waals surface area contributed by atoms with Crippen molar-refractivity contribution in [3.8, 4) is 0 Å². The quantitative estimate of drug-likeness (QED) is 0.204. The molecule has 1 heterocycles. The molecular formula is C23H40F3N5O4. The molecule has 0 fully saturated rings. The molecule has 0 unspecified atom stereocenters. The van der Waals surface area contributed by atoms with Gasteiger partial charge >= 0.3 is 12.1 Å². The summed E-state index contributed by atoms with van der Waals surface area (Å²) in [6.07, 6.45) is 11.4. The number of carbonyl (C=O) groups is 3. The van der Waals surface area contributed by atoms with Crippen molar-refractivity contribution in [2.24, 2.45) is 5.73 Å². The molecule has 202 valence electrons. The van der Waals surface area contributed by atoms with Gasteiger partial charge in [0.1, 0.15) is 6.04 Å². The van der Waals surface area contributed by atoms with Crippen LogP contribution in [0.4, 0.5) is 13.2 Å². The first-order valence-corrected chi connectivity index (χ1v) is 12.2. The van der Waals surface area contributed by atoms with E-state index in [4.69, 9.17) is 15.6 Å². The highest BCUT2D eigenvalue weighted by Crippen LogP contribution is 2.13. The van der Waals surface area contributed by atoms with E-state index in [-0.39, 0.29) is 24.8 Å². The van der Waals surface area contributed by atoms with Crippen molar-refractivity contribution < 1.29 is 32.7 Å². The summed E-state index contributed by atoms with van der Waals surface area (Å²) in [6, 6.07) is -0.609. The number of imidazole rings is 1. The number of rotatable bonds is 17. The molecule has 0 saturated heterocycles. The predicted octanol–water partition coefficient (Wildman–Crippen LogP) is 3.46. The largest absolute Gasteiger partial charge is 0.490 e. The minimum Gasteiger partial charge on any atom is -0.475 e. The molecule has 1 aromatic rings. The Labute approximate surface area is 204 Å². The number of amides is 2. The molecule has 0 aromatic carbocycles. The smallest absolute Gasteiger partial charge is 0.475 e. The minimum atomic E-state index is -5.08. The number of aromatic amines is 1. The fraction of sp³-hybridized carbons (Fsp3) is 0.739. The fourth-order valence-electron chi connectivity index (χ4n) is 3.17. The van der Waals surface area contributed by atoms with Crippen LogP contribution in [0.2, 0.25) is 0 Å². The fourth-order valence-corrected chi connectivity index (χ4v) is 3.17. The third kappa shape index (κ3) is 18.4. The Balaban J connectivity index is 0.00000143. The maximum absolute atomic E-state index is 12.5. The molecule has 0 bridgehead atoms. The zero-order valence-electron chi connectivity index (χ0n) is 20.5. The van der Waals surface area contributed by atoms with Gasteiger partial charge < -0.3 is 26.5 Å². The van der Waals surface area contributed by atoms with Gasteiger partial charge in [-0.3, -0.25) is 9.59 Å². The first-order chi connectivity index (χ1) is 16.6. The van der Waals surface area contributed by atoms with Crippen LogP contribution in [0.25, 0.3) is 0 Å². The van der Waals surface area contributed by atoms with Gasteiger partial charge in [-0.1, -0.05) is 64.7 Å². The summed E-state index contributed by atoms with van der Waals surface area (Å²) >= 11 is 0. The Kier molecular flexibility index (Phi) is 18.2. The van der Waals surface area contributed by atoms with E-state index in [2.05, 4.69) is 27.5 Å². The highest BCUT2D eigenvalue weighted by atomic mass is 19.4.